The maximum atomic E-state index is 14.3. The van der Waals surface area contributed by atoms with Crippen LogP contribution < -0.4 is 5.32 Å². The number of rotatable bonds is 5. The third kappa shape index (κ3) is 3.71. The monoisotopic (exact) mass is 371 g/mol. The second-order valence-corrected chi connectivity index (χ2v) is 5.79. The van der Waals surface area contributed by atoms with E-state index in [4.69, 9.17) is 11.6 Å². The van der Waals surface area contributed by atoms with E-state index in [-0.39, 0.29) is 5.02 Å². The molecular formula is C15H16BrClFN3. The molecule has 0 amide bonds. The van der Waals surface area contributed by atoms with Crippen LogP contribution in [0.3, 0.4) is 0 Å². The largest absolute Gasteiger partial charge is 0.370 e. The molecule has 0 bridgehead atoms. The van der Waals surface area contributed by atoms with Crippen LogP contribution in [0.2, 0.25) is 5.02 Å². The van der Waals surface area contributed by atoms with Crippen molar-refractivity contribution >= 4 is 33.3 Å². The van der Waals surface area contributed by atoms with Gasteiger partial charge in [0, 0.05) is 29.1 Å². The summed E-state index contributed by atoms with van der Waals surface area (Å²) < 4.78 is 14.9. The first kappa shape index (κ1) is 16.2. The highest BCUT2D eigenvalue weighted by Crippen LogP contribution is 2.32. The molecule has 0 saturated heterocycles. The molecule has 0 radical (unpaired) electrons. The molecule has 2 aromatic rings. The highest BCUT2D eigenvalue weighted by atomic mass is 79.9. The molecular weight excluding hydrogens is 357 g/mol. The zero-order valence-electron chi connectivity index (χ0n) is 11.9. The van der Waals surface area contributed by atoms with Crippen LogP contribution in [0.15, 0.2) is 22.7 Å². The fourth-order valence-corrected chi connectivity index (χ4v) is 2.33. The molecule has 1 aromatic heterocycles. The minimum atomic E-state index is -0.478. The predicted octanol–water partition coefficient (Wildman–Crippen LogP) is 5.08. The highest BCUT2D eigenvalue weighted by molar-refractivity contribution is 9.10. The number of hydrogen-bond donors (Lipinski definition) is 1. The topological polar surface area (TPSA) is 37.8 Å². The van der Waals surface area contributed by atoms with Gasteiger partial charge in [0.15, 0.2) is 5.82 Å². The molecule has 0 atom stereocenters. The lowest BCUT2D eigenvalue weighted by Crippen LogP contribution is -2.06. The lowest BCUT2D eigenvalue weighted by Gasteiger charge is -2.10. The van der Waals surface area contributed by atoms with Gasteiger partial charge in [-0.25, -0.2) is 14.4 Å². The van der Waals surface area contributed by atoms with Crippen molar-refractivity contribution < 1.29 is 4.39 Å². The van der Waals surface area contributed by atoms with E-state index in [1.54, 1.807) is 18.2 Å². The minimum Gasteiger partial charge on any atom is -0.370 e. The summed E-state index contributed by atoms with van der Waals surface area (Å²) in [4.78, 5) is 8.79. The van der Waals surface area contributed by atoms with Crippen molar-refractivity contribution in [1.82, 2.24) is 9.97 Å². The molecule has 0 aliphatic carbocycles. The fraction of sp³-hybridized carbons (Fsp3) is 0.333. The second kappa shape index (κ2) is 7.18. The van der Waals surface area contributed by atoms with E-state index in [9.17, 15) is 4.39 Å². The molecule has 3 nitrogen and oxygen atoms in total. The van der Waals surface area contributed by atoms with Crippen molar-refractivity contribution in [3.63, 3.8) is 0 Å². The molecule has 0 saturated carbocycles. The van der Waals surface area contributed by atoms with Gasteiger partial charge in [0.1, 0.15) is 11.6 Å². The highest BCUT2D eigenvalue weighted by Gasteiger charge is 2.14. The molecule has 0 aliphatic heterocycles. The number of nitrogens with zero attached hydrogens (tertiary/aromatic N) is 2. The molecule has 112 valence electrons. The molecule has 0 unspecified atom stereocenters. The Bertz CT molecular complexity index is 649. The maximum absolute atomic E-state index is 14.3. The smallest absolute Gasteiger partial charge is 0.152 e. The molecule has 21 heavy (non-hydrogen) atoms. The minimum absolute atomic E-state index is 0.0622. The van der Waals surface area contributed by atoms with Gasteiger partial charge in [-0.3, -0.25) is 0 Å². The summed E-state index contributed by atoms with van der Waals surface area (Å²) in [7, 11) is 0. The molecule has 1 aromatic carbocycles. The molecule has 2 rings (SSSR count). The van der Waals surface area contributed by atoms with Crippen LogP contribution in [0.1, 0.15) is 26.1 Å². The first-order valence-corrected chi connectivity index (χ1v) is 7.99. The van der Waals surface area contributed by atoms with Crippen LogP contribution in [0, 0.1) is 5.82 Å². The Morgan fingerprint density at radius 2 is 2.05 bits per heavy atom. The van der Waals surface area contributed by atoms with Crippen LogP contribution in [0.4, 0.5) is 10.2 Å². The summed E-state index contributed by atoms with van der Waals surface area (Å²) in [5.74, 6) is 0.898. The number of benzene rings is 1. The molecule has 0 aliphatic rings. The Morgan fingerprint density at radius 1 is 1.29 bits per heavy atom. The van der Waals surface area contributed by atoms with Gasteiger partial charge in [-0.2, -0.15) is 0 Å². The summed E-state index contributed by atoms with van der Waals surface area (Å²) in [5.41, 5.74) is 0.909. The van der Waals surface area contributed by atoms with E-state index in [1.165, 1.54) is 0 Å². The lowest BCUT2D eigenvalue weighted by molar-refractivity contribution is 0.630. The molecule has 1 N–H and O–H groups in total. The first-order valence-electron chi connectivity index (χ1n) is 6.82. The van der Waals surface area contributed by atoms with Gasteiger partial charge in [-0.1, -0.05) is 25.4 Å². The fourth-order valence-electron chi connectivity index (χ4n) is 1.86. The van der Waals surface area contributed by atoms with Gasteiger partial charge in [0.2, 0.25) is 0 Å². The Labute approximate surface area is 137 Å². The molecule has 0 fully saturated rings. The quantitative estimate of drug-likeness (QED) is 0.743. The van der Waals surface area contributed by atoms with Crippen LogP contribution >= 0.6 is 27.5 Å². The van der Waals surface area contributed by atoms with Crippen molar-refractivity contribution in [1.29, 1.82) is 0 Å². The van der Waals surface area contributed by atoms with Crippen molar-refractivity contribution in [2.45, 2.75) is 26.7 Å². The average Bonchev–Trinajstić information content (AvgIpc) is 2.50. The van der Waals surface area contributed by atoms with Gasteiger partial charge in [-0.15, -0.1) is 0 Å². The standard InChI is InChI=1S/C15H16BrClFN3/c1-3-7-19-13-8-11(20-12(4-2)21-13)9-5-6-10(16)14(17)15(9)18/h5-6,8H,3-4,7H2,1-2H3,(H,19,20,21). The van der Waals surface area contributed by atoms with Gasteiger partial charge >= 0.3 is 0 Å². The normalized spacial score (nSPS) is 10.7. The Hall–Kier alpha value is -1.20. The van der Waals surface area contributed by atoms with E-state index >= 15 is 0 Å². The van der Waals surface area contributed by atoms with E-state index < -0.39 is 5.82 Å². The number of aromatic nitrogens is 2. The van der Waals surface area contributed by atoms with E-state index in [0.29, 0.717) is 33.8 Å². The third-order valence-corrected chi connectivity index (χ3v) is 4.21. The number of aryl methyl sites for hydroxylation is 1. The summed E-state index contributed by atoms with van der Waals surface area (Å²) in [6.07, 6.45) is 1.67. The summed E-state index contributed by atoms with van der Waals surface area (Å²) in [5, 5.41) is 3.27. The predicted molar refractivity (Wildman–Crippen MR) is 88.3 cm³/mol. The van der Waals surface area contributed by atoms with E-state index in [2.05, 4.69) is 38.1 Å². The number of anilines is 1. The Kier molecular flexibility index (Phi) is 5.53. The zero-order chi connectivity index (χ0) is 15.4. The van der Waals surface area contributed by atoms with Crippen molar-refractivity contribution in [3.05, 3.63) is 39.3 Å². The Morgan fingerprint density at radius 3 is 2.71 bits per heavy atom. The SMILES string of the molecule is CCCNc1cc(-c2ccc(Br)c(Cl)c2F)nc(CC)n1. The van der Waals surface area contributed by atoms with E-state index in [0.717, 1.165) is 13.0 Å². The first-order chi connectivity index (χ1) is 10.1. The second-order valence-electron chi connectivity index (χ2n) is 4.56. The van der Waals surface area contributed by atoms with Gasteiger partial charge < -0.3 is 5.32 Å². The molecule has 0 spiro atoms. The zero-order valence-corrected chi connectivity index (χ0v) is 14.2. The number of hydrogen-bond acceptors (Lipinski definition) is 3. The maximum Gasteiger partial charge on any atom is 0.152 e. The number of nitrogens with one attached hydrogen (secondary N) is 1. The molecule has 1 heterocycles. The third-order valence-electron chi connectivity index (χ3n) is 2.96. The van der Waals surface area contributed by atoms with Crippen LogP contribution in [-0.2, 0) is 6.42 Å². The van der Waals surface area contributed by atoms with Crippen molar-refractivity contribution in [2.75, 3.05) is 11.9 Å². The van der Waals surface area contributed by atoms with Crippen molar-refractivity contribution in [3.8, 4) is 11.3 Å². The van der Waals surface area contributed by atoms with Crippen molar-refractivity contribution in [2.24, 2.45) is 0 Å². The summed E-state index contributed by atoms with van der Waals surface area (Å²) in [6.45, 7) is 4.85. The summed E-state index contributed by atoms with van der Waals surface area (Å²) >= 11 is 9.16. The van der Waals surface area contributed by atoms with Crippen LogP contribution in [-0.4, -0.2) is 16.5 Å². The van der Waals surface area contributed by atoms with Crippen LogP contribution in [0.5, 0.6) is 0 Å². The van der Waals surface area contributed by atoms with E-state index in [1.807, 2.05) is 6.92 Å². The van der Waals surface area contributed by atoms with Crippen LogP contribution in [0.25, 0.3) is 11.3 Å². The number of halogens is 3. The molecule has 6 heteroatoms. The van der Waals surface area contributed by atoms with Gasteiger partial charge in [0.05, 0.1) is 10.7 Å². The lowest BCUT2D eigenvalue weighted by atomic mass is 10.1. The summed E-state index contributed by atoms with van der Waals surface area (Å²) in [6, 6.07) is 5.13. The average molecular weight is 373 g/mol. The Balaban J connectivity index is 2.50. The van der Waals surface area contributed by atoms with Gasteiger partial charge in [0.25, 0.3) is 0 Å². The van der Waals surface area contributed by atoms with Gasteiger partial charge in [-0.05, 0) is 34.5 Å².